The van der Waals surface area contributed by atoms with Gasteiger partial charge in [-0.2, -0.15) is 0 Å². The third kappa shape index (κ3) is 2.85. The number of hydrogen-bond donors (Lipinski definition) is 1. The number of esters is 1. The Hall–Kier alpha value is -0.290. The summed E-state index contributed by atoms with van der Waals surface area (Å²) in [5.41, 5.74) is 0. The van der Waals surface area contributed by atoms with Crippen LogP contribution in [0.4, 0.5) is 0 Å². The fourth-order valence-electron chi connectivity index (χ4n) is 1.55. The predicted molar refractivity (Wildman–Crippen MR) is 62.5 cm³/mol. The third-order valence-corrected chi connectivity index (χ3v) is 2.61. The van der Waals surface area contributed by atoms with Crippen LogP contribution in [0.3, 0.4) is 0 Å². The van der Waals surface area contributed by atoms with Gasteiger partial charge >= 0.3 is 5.97 Å². The number of thiocarbonyl (C=S) groups is 1. The normalized spacial score (nSPS) is 21.4. The van der Waals surface area contributed by atoms with E-state index >= 15 is 0 Å². The predicted octanol–water partition coefficient (Wildman–Crippen LogP) is 1.62. The first-order chi connectivity index (χ1) is 6.52. The molecule has 14 heavy (non-hydrogen) atoms. The van der Waals surface area contributed by atoms with Crippen LogP contribution in [0.2, 0.25) is 0 Å². The standard InChI is InChI=1S/C9H15NO2S2/c1-6(2)12-8(11)7-4-3-5-10(7)9(13)14/h6-7H,3-5H2,1-2H3,(H,13,14)/t7-/m0/s1. The van der Waals surface area contributed by atoms with Crippen molar-refractivity contribution in [2.75, 3.05) is 6.54 Å². The quantitative estimate of drug-likeness (QED) is 0.446. The lowest BCUT2D eigenvalue weighted by Gasteiger charge is -2.23. The maximum atomic E-state index is 11.6. The van der Waals surface area contributed by atoms with Gasteiger partial charge in [0.25, 0.3) is 0 Å². The molecule has 0 saturated carbocycles. The van der Waals surface area contributed by atoms with Crippen molar-refractivity contribution >= 4 is 35.1 Å². The molecule has 0 spiro atoms. The van der Waals surface area contributed by atoms with Gasteiger partial charge in [0.2, 0.25) is 0 Å². The first-order valence-corrected chi connectivity index (χ1v) is 5.58. The molecule has 3 nitrogen and oxygen atoms in total. The average Bonchev–Trinajstić information content (AvgIpc) is 2.49. The molecule has 1 heterocycles. The molecule has 0 aliphatic carbocycles. The third-order valence-electron chi connectivity index (χ3n) is 2.12. The van der Waals surface area contributed by atoms with Crippen molar-refractivity contribution in [2.24, 2.45) is 0 Å². The van der Waals surface area contributed by atoms with Crippen molar-refractivity contribution in [3.63, 3.8) is 0 Å². The Labute approximate surface area is 95.2 Å². The summed E-state index contributed by atoms with van der Waals surface area (Å²) in [6.07, 6.45) is 1.71. The molecule has 1 fully saturated rings. The number of ether oxygens (including phenoxy) is 1. The minimum absolute atomic E-state index is 0.0709. The van der Waals surface area contributed by atoms with Crippen molar-refractivity contribution in [1.29, 1.82) is 0 Å². The van der Waals surface area contributed by atoms with E-state index in [4.69, 9.17) is 17.0 Å². The van der Waals surface area contributed by atoms with Crippen LogP contribution in [0.15, 0.2) is 0 Å². The minimum Gasteiger partial charge on any atom is -0.461 e. The molecule has 1 aliphatic rings. The van der Waals surface area contributed by atoms with Gasteiger partial charge in [0.15, 0.2) is 0 Å². The van der Waals surface area contributed by atoms with Crippen LogP contribution in [0.25, 0.3) is 0 Å². The van der Waals surface area contributed by atoms with Crippen LogP contribution < -0.4 is 0 Å². The second kappa shape index (κ2) is 4.98. The molecule has 0 unspecified atom stereocenters. The second-order valence-corrected chi connectivity index (χ2v) is 4.73. The Kier molecular flexibility index (Phi) is 4.19. The lowest BCUT2D eigenvalue weighted by atomic mass is 10.2. The first kappa shape index (κ1) is 11.8. The molecular weight excluding hydrogens is 218 g/mol. The minimum atomic E-state index is -0.220. The molecule has 0 amide bonds. The van der Waals surface area contributed by atoms with E-state index in [1.807, 2.05) is 18.7 Å². The van der Waals surface area contributed by atoms with Crippen LogP contribution in [-0.4, -0.2) is 33.9 Å². The Morgan fingerprint density at radius 3 is 2.79 bits per heavy atom. The van der Waals surface area contributed by atoms with E-state index in [1.54, 1.807) is 0 Å². The van der Waals surface area contributed by atoms with E-state index < -0.39 is 0 Å². The molecule has 0 aromatic rings. The molecule has 0 bridgehead atoms. The summed E-state index contributed by atoms with van der Waals surface area (Å²) in [6, 6.07) is -0.220. The van der Waals surface area contributed by atoms with Crippen molar-refractivity contribution in [3.05, 3.63) is 0 Å². The van der Waals surface area contributed by atoms with Crippen molar-refractivity contribution in [3.8, 4) is 0 Å². The number of thiol groups is 1. The molecule has 1 saturated heterocycles. The Morgan fingerprint density at radius 1 is 1.64 bits per heavy atom. The van der Waals surface area contributed by atoms with Gasteiger partial charge < -0.3 is 9.64 Å². The molecule has 80 valence electrons. The van der Waals surface area contributed by atoms with Gasteiger partial charge in [0, 0.05) is 6.54 Å². The summed E-state index contributed by atoms with van der Waals surface area (Å²) in [7, 11) is 0. The summed E-state index contributed by atoms with van der Waals surface area (Å²) < 4.78 is 5.62. The zero-order valence-electron chi connectivity index (χ0n) is 8.40. The Bertz CT molecular complexity index is 243. The van der Waals surface area contributed by atoms with E-state index in [9.17, 15) is 4.79 Å². The zero-order chi connectivity index (χ0) is 10.7. The summed E-state index contributed by atoms with van der Waals surface area (Å²) in [5.74, 6) is -0.186. The molecule has 1 rings (SSSR count). The van der Waals surface area contributed by atoms with Crippen LogP contribution in [0, 0.1) is 0 Å². The van der Waals surface area contributed by atoms with E-state index in [-0.39, 0.29) is 18.1 Å². The van der Waals surface area contributed by atoms with Crippen LogP contribution >= 0.6 is 24.8 Å². The summed E-state index contributed by atoms with van der Waals surface area (Å²) in [6.45, 7) is 4.49. The molecule has 0 aromatic carbocycles. The van der Waals surface area contributed by atoms with E-state index in [1.165, 1.54) is 0 Å². The fourth-order valence-corrected chi connectivity index (χ4v) is 2.01. The largest absolute Gasteiger partial charge is 0.461 e. The van der Waals surface area contributed by atoms with Gasteiger partial charge in [-0.15, -0.1) is 12.6 Å². The van der Waals surface area contributed by atoms with Crippen molar-refractivity contribution in [1.82, 2.24) is 4.90 Å². The number of likely N-dealkylation sites (tertiary alicyclic amines) is 1. The molecule has 1 atom stereocenters. The lowest BCUT2D eigenvalue weighted by Crippen LogP contribution is -2.39. The van der Waals surface area contributed by atoms with Crippen molar-refractivity contribution in [2.45, 2.75) is 38.8 Å². The summed E-state index contributed by atoms with van der Waals surface area (Å²) in [5, 5.41) is 0. The van der Waals surface area contributed by atoms with E-state index in [2.05, 4.69) is 12.6 Å². The zero-order valence-corrected chi connectivity index (χ0v) is 10.1. The topological polar surface area (TPSA) is 29.5 Å². The molecule has 0 N–H and O–H groups in total. The number of rotatable bonds is 2. The van der Waals surface area contributed by atoms with Gasteiger partial charge in [-0.3, -0.25) is 0 Å². The summed E-state index contributed by atoms with van der Waals surface area (Å²) in [4.78, 5) is 13.4. The van der Waals surface area contributed by atoms with Gasteiger partial charge in [-0.05, 0) is 26.7 Å². The molecule has 5 heteroatoms. The highest BCUT2D eigenvalue weighted by molar-refractivity contribution is 8.10. The molecule has 1 aliphatic heterocycles. The van der Waals surface area contributed by atoms with E-state index in [0.717, 1.165) is 19.4 Å². The van der Waals surface area contributed by atoms with Gasteiger partial charge in [-0.25, -0.2) is 4.79 Å². The Balaban J connectivity index is 2.58. The average molecular weight is 233 g/mol. The monoisotopic (exact) mass is 233 g/mol. The molecule has 0 aromatic heterocycles. The maximum absolute atomic E-state index is 11.6. The van der Waals surface area contributed by atoms with Crippen LogP contribution in [0.1, 0.15) is 26.7 Å². The highest BCUT2D eigenvalue weighted by atomic mass is 32.1. The fraction of sp³-hybridized carbons (Fsp3) is 0.778. The van der Waals surface area contributed by atoms with Gasteiger partial charge in [0.1, 0.15) is 10.4 Å². The molecular formula is C9H15NO2S2. The van der Waals surface area contributed by atoms with Crippen LogP contribution in [0.5, 0.6) is 0 Å². The van der Waals surface area contributed by atoms with Gasteiger partial charge in [-0.1, -0.05) is 12.2 Å². The smallest absolute Gasteiger partial charge is 0.329 e. The van der Waals surface area contributed by atoms with Crippen LogP contribution in [-0.2, 0) is 9.53 Å². The number of carbonyl (C=O) groups is 1. The number of nitrogens with zero attached hydrogens (tertiary/aromatic N) is 1. The lowest BCUT2D eigenvalue weighted by molar-refractivity contribution is -0.151. The number of carbonyl (C=O) groups excluding carboxylic acids is 1. The Morgan fingerprint density at radius 2 is 2.29 bits per heavy atom. The maximum Gasteiger partial charge on any atom is 0.329 e. The SMILES string of the molecule is CC(C)OC(=O)[C@@H]1CCCN1C(=S)S. The summed E-state index contributed by atoms with van der Waals surface area (Å²) >= 11 is 9.03. The highest BCUT2D eigenvalue weighted by Crippen LogP contribution is 2.20. The molecule has 0 radical (unpaired) electrons. The van der Waals surface area contributed by atoms with Gasteiger partial charge in [0.05, 0.1) is 6.10 Å². The first-order valence-electron chi connectivity index (χ1n) is 4.72. The highest BCUT2D eigenvalue weighted by Gasteiger charge is 2.32. The van der Waals surface area contributed by atoms with Crippen molar-refractivity contribution < 1.29 is 9.53 Å². The second-order valence-electron chi connectivity index (χ2n) is 3.62. The van der Waals surface area contributed by atoms with E-state index in [0.29, 0.717) is 4.32 Å². The number of hydrogen-bond acceptors (Lipinski definition) is 3.